The minimum Gasteiger partial charge on any atom is -0.414 e. The average molecular weight is 454 g/mol. The first-order valence-electron chi connectivity index (χ1n) is 10.3. The maximum atomic E-state index is 12.9. The van der Waals surface area contributed by atoms with Crippen molar-refractivity contribution in [3.05, 3.63) is 35.9 Å². The van der Waals surface area contributed by atoms with Gasteiger partial charge in [-0.3, -0.25) is 9.69 Å². The fourth-order valence-electron chi connectivity index (χ4n) is 3.30. The standard InChI is InChI=1S/C22H35NO3S2Si/c1-16(26-29(5,6)22(2,3)4)12-19(24)14-20(25)23-18(15-28-21(23)27)13-17-10-8-7-9-11-17/h7-11,16,18-19,24H,12-15H2,1-6H3/t16-,18-,19-/m1/s1. The minimum atomic E-state index is -1.90. The molecule has 1 aliphatic heterocycles. The van der Waals surface area contributed by atoms with Gasteiger partial charge in [0.15, 0.2) is 8.32 Å². The molecule has 3 atom stereocenters. The first-order valence-corrected chi connectivity index (χ1v) is 14.6. The Labute approximate surface area is 186 Å². The van der Waals surface area contributed by atoms with Crippen LogP contribution in [-0.2, 0) is 15.6 Å². The van der Waals surface area contributed by atoms with E-state index in [1.54, 1.807) is 16.7 Å². The number of hydrogen-bond donors (Lipinski definition) is 1. The topological polar surface area (TPSA) is 49.8 Å². The van der Waals surface area contributed by atoms with Crippen LogP contribution in [0, 0.1) is 0 Å². The van der Waals surface area contributed by atoms with E-state index in [4.69, 9.17) is 16.6 Å². The molecule has 7 heteroatoms. The molecule has 0 aromatic heterocycles. The van der Waals surface area contributed by atoms with Gasteiger partial charge in [0.2, 0.25) is 5.91 Å². The molecule has 1 aromatic carbocycles. The summed E-state index contributed by atoms with van der Waals surface area (Å²) in [7, 11) is -1.90. The zero-order valence-corrected chi connectivity index (χ0v) is 21.1. The number of thioether (sulfide) groups is 1. The Morgan fingerprint density at radius 3 is 2.55 bits per heavy atom. The second kappa shape index (κ2) is 10.0. The number of amides is 1. The van der Waals surface area contributed by atoms with Crippen LogP contribution in [0.2, 0.25) is 18.1 Å². The molecule has 0 spiro atoms. The van der Waals surface area contributed by atoms with Crippen molar-refractivity contribution >= 4 is 42.5 Å². The van der Waals surface area contributed by atoms with Crippen molar-refractivity contribution in [1.29, 1.82) is 0 Å². The fourth-order valence-corrected chi connectivity index (χ4v) is 6.20. The Balaban J connectivity index is 1.92. The molecule has 1 aromatic rings. The Kier molecular flexibility index (Phi) is 8.50. The van der Waals surface area contributed by atoms with E-state index in [1.807, 2.05) is 25.1 Å². The number of aliphatic hydroxyl groups excluding tert-OH is 1. The highest BCUT2D eigenvalue weighted by atomic mass is 32.2. The molecule has 29 heavy (non-hydrogen) atoms. The molecular formula is C22H35NO3S2Si. The van der Waals surface area contributed by atoms with Crippen LogP contribution in [0.3, 0.4) is 0 Å². The molecule has 0 radical (unpaired) electrons. The van der Waals surface area contributed by atoms with Crippen LogP contribution in [0.1, 0.15) is 46.1 Å². The highest BCUT2D eigenvalue weighted by Crippen LogP contribution is 2.37. The number of hydrogen-bond acceptors (Lipinski definition) is 5. The van der Waals surface area contributed by atoms with Crippen molar-refractivity contribution in [3.8, 4) is 0 Å². The van der Waals surface area contributed by atoms with Gasteiger partial charge in [0.05, 0.1) is 18.6 Å². The maximum absolute atomic E-state index is 12.9. The van der Waals surface area contributed by atoms with Crippen molar-refractivity contribution in [2.45, 2.75) is 83.3 Å². The molecule has 4 nitrogen and oxygen atoms in total. The number of aliphatic hydroxyl groups is 1. The van der Waals surface area contributed by atoms with Gasteiger partial charge < -0.3 is 9.53 Å². The van der Waals surface area contributed by atoms with E-state index in [1.165, 1.54) is 5.56 Å². The molecule has 1 heterocycles. The fraction of sp³-hybridized carbons (Fsp3) is 0.636. The highest BCUT2D eigenvalue weighted by molar-refractivity contribution is 8.23. The number of benzene rings is 1. The second-order valence-electron chi connectivity index (χ2n) is 9.47. The molecule has 1 amide bonds. The smallest absolute Gasteiger partial charge is 0.230 e. The van der Waals surface area contributed by atoms with E-state index in [-0.39, 0.29) is 29.5 Å². The average Bonchev–Trinajstić information content (AvgIpc) is 2.94. The molecule has 162 valence electrons. The highest BCUT2D eigenvalue weighted by Gasteiger charge is 2.39. The van der Waals surface area contributed by atoms with Crippen molar-refractivity contribution in [2.75, 3.05) is 5.75 Å². The van der Waals surface area contributed by atoms with Gasteiger partial charge >= 0.3 is 0 Å². The molecular weight excluding hydrogens is 418 g/mol. The molecule has 0 aliphatic carbocycles. The van der Waals surface area contributed by atoms with Gasteiger partial charge in [0.25, 0.3) is 0 Å². The van der Waals surface area contributed by atoms with E-state index in [0.717, 1.165) is 12.2 Å². The van der Waals surface area contributed by atoms with Crippen molar-refractivity contribution in [3.63, 3.8) is 0 Å². The number of carbonyl (C=O) groups is 1. The predicted molar refractivity (Wildman–Crippen MR) is 129 cm³/mol. The zero-order chi connectivity index (χ0) is 21.8. The van der Waals surface area contributed by atoms with E-state index in [0.29, 0.717) is 10.7 Å². The van der Waals surface area contributed by atoms with E-state index >= 15 is 0 Å². The number of thiocarbonyl (C=S) groups is 1. The van der Waals surface area contributed by atoms with Gasteiger partial charge in [-0.25, -0.2) is 0 Å². The van der Waals surface area contributed by atoms with Crippen LogP contribution >= 0.6 is 24.0 Å². The van der Waals surface area contributed by atoms with Crippen LogP contribution in [0.4, 0.5) is 0 Å². The Bertz CT molecular complexity index is 706. The summed E-state index contributed by atoms with van der Waals surface area (Å²) in [6.45, 7) is 13.0. The molecule has 2 rings (SSSR count). The van der Waals surface area contributed by atoms with E-state index in [2.05, 4.69) is 46.0 Å². The Hall–Kier alpha value is -0.733. The van der Waals surface area contributed by atoms with Gasteiger partial charge in [-0.05, 0) is 43.5 Å². The lowest BCUT2D eigenvalue weighted by Gasteiger charge is -2.38. The Morgan fingerprint density at radius 2 is 1.97 bits per heavy atom. The van der Waals surface area contributed by atoms with Crippen LogP contribution < -0.4 is 0 Å². The SMILES string of the molecule is C[C@H](C[C@@H](O)CC(=O)N1C(=S)SC[C@H]1Cc1ccccc1)O[Si](C)(C)C(C)(C)C. The summed E-state index contributed by atoms with van der Waals surface area (Å²) in [6, 6.07) is 10.2. The van der Waals surface area contributed by atoms with Crippen LogP contribution in [-0.4, -0.2) is 52.6 Å². The van der Waals surface area contributed by atoms with Crippen LogP contribution in [0.5, 0.6) is 0 Å². The lowest BCUT2D eigenvalue weighted by molar-refractivity contribution is -0.130. The van der Waals surface area contributed by atoms with Gasteiger partial charge in [0.1, 0.15) is 4.32 Å². The molecule has 0 saturated carbocycles. The summed E-state index contributed by atoms with van der Waals surface area (Å²) in [6.07, 6.45) is 0.500. The Morgan fingerprint density at radius 1 is 1.34 bits per heavy atom. The van der Waals surface area contributed by atoms with Crippen molar-refractivity contribution in [2.24, 2.45) is 0 Å². The van der Waals surface area contributed by atoms with Gasteiger partial charge in [-0.15, -0.1) is 0 Å². The number of rotatable bonds is 8. The largest absolute Gasteiger partial charge is 0.414 e. The number of carbonyl (C=O) groups excluding carboxylic acids is 1. The molecule has 1 aliphatic rings. The third-order valence-corrected chi connectivity index (χ3v) is 12.0. The third kappa shape index (κ3) is 6.89. The number of nitrogens with zero attached hydrogens (tertiary/aromatic N) is 1. The first-order chi connectivity index (χ1) is 13.4. The van der Waals surface area contributed by atoms with Gasteiger partial charge in [-0.1, -0.05) is 75.1 Å². The molecule has 1 fully saturated rings. The van der Waals surface area contributed by atoms with Crippen LogP contribution in [0.25, 0.3) is 0 Å². The monoisotopic (exact) mass is 453 g/mol. The predicted octanol–water partition coefficient (Wildman–Crippen LogP) is 5.01. The summed E-state index contributed by atoms with van der Waals surface area (Å²) < 4.78 is 6.94. The third-order valence-electron chi connectivity index (χ3n) is 5.86. The summed E-state index contributed by atoms with van der Waals surface area (Å²) in [4.78, 5) is 14.6. The second-order valence-corrected chi connectivity index (χ2v) is 15.9. The van der Waals surface area contributed by atoms with Gasteiger partial charge in [0, 0.05) is 11.9 Å². The molecule has 0 unspecified atom stereocenters. The molecule has 1 N–H and O–H groups in total. The van der Waals surface area contributed by atoms with Gasteiger partial charge in [-0.2, -0.15) is 0 Å². The summed E-state index contributed by atoms with van der Waals surface area (Å²) in [5.74, 6) is 0.716. The van der Waals surface area contributed by atoms with Crippen LogP contribution in [0.15, 0.2) is 30.3 Å². The summed E-state index contributed by atoms with van der Waals surface area (Å²) in [5.41, 5.74) is 1.19. The minimum absolute atomic E-state index is 0.0514. The molecule has 0 bridgehead atoms. The lowest BCUT2D eigenvalue weighted by atomic mass is 10.0. The van der Waals surface area contributed by atoms with Crippen molar-refractivity contribution < 1.29 is 14.3 Å². The summed E-state index contributed by atoms with van der Waals surface area (Å²) in [5, 5.41) is 10.7. The van der Waals surface area contributed by atoms with Crippen molar-refractivity contribution in [1.82, 2.24) is 4.90 Å². The van der Waals surface area contributed by atoms with E-state index in [9.17, 15) is 9.90 Å². The molecule has 1 saturated heterocycles. The first kappa shape index (κ1) is 24.5. The maximum Gasteiger partial charge on any atom is 0.230 e. The lowest BCUT2D eigenvalue weighted by Crippen LogP contribution is -2.44. The van der Waals surface area contributed by atoms with E-state index < -0.39 is 14.4 Å². The normalized spacial score (nSPS) is 20.0. The summed E-state index contributed by atoms with van der Waals surface area (Å²) >= 11 is 6.98. The quantitative estimate of drug-likeness (QED) is 0.443. The zero-order valence-electron chi connectivity index (χ0n) is 18.5.